The molecule has 78 valence electrons. The molecule has 0 radical (unpaired) electrons. The molecule has 0 saturated carbocycles. The largest absolute Gasteiger partial charge is 0.490 e. The van der Waals surface area contributed by atoms with Crippen LogP contribution in [0.15, 0.2) is 18.2 Å². The van der Waals surface area contributed by atoms with Gasteiger partial charge in [0.2, 0.25) is 0 Å². The molecule has 1 nitrogen and oxygen atoms in total. The van der Waals surface area contributed by atoms with E-state index in [1.165, 1.54) is 5.56 Å². The molecule has 2 rings (SSSR count). The highest BCUT2D eigenvalue weighted by molar-refractivity contribution is 6.18. The van der Waals surface area contributed by atoms with E-state index in [1.54, 1.807) is 0 Å². The van der Waals surface area contributed by atoms with Crippen LogP contribution in [0.4, 0.5) is 0 Å². The van der Waals surface area contributed by atoms with E-state index in [0.29, 0.717) is 12.0 Å². The number of hydrogen-bond acceptors (Lipinski definition) is 1. The second-order valence-corrected chi connectivity index (χ2v) is 4.07. The molecule has 0 aromatic heterocycles. The van der Waals surface area contributed by atoms with Gasteiger partial charge >= 0.3 is 0 Å². The second kappa shape index (κ2) is 4.59. The predicted molar refractivity (Wildman–Crippen MR) is 62.5 cm³/mol. The van der Waals surface area contributed by atoms with Crippen LogP contribution in [0.5, 0.6) is 5.75 Å². The minimum absolute atomic E-state index is 0.297. The summed E-state index contributed by atoms with van der Waals surface area (Å²) in [6, 6.07) is 6.11. The molecule has 1 unspecified atom stereocenters. The molecule has 0 aliphatic carbocycles. The summed E-state index contributed by atoms with van der Waals surface area (Å²) in [5.74, 6) is 7.73. The summed E-state index contributed by atoms with van der Waals surface area (Å²) in [5, 5.41) is 0. The summed E-state index contributed by atoms with van der Waals surface area (Å²) in [6.07, 6.45) is 2.03. The van der Waals surface area contributed by atoms with Crippen molar-refractivity contribution in [3.8, 4) is 17.6 Å². The summed E-state index contributed by atoms with van der Waals surface area (Å²) in [7, 11) is 0. The van der Waals surface area contributed by atoms with Crippen LogP contribution in [-0.4, -0.2) is 12.0 Å². The SMILES string of the molecule is CC1Cc2cc(C#CCCCl)ccc2O1. The monoisotopic (exact) mass is 220 g/mol. The Hall–Kier alpha value is -1.13. The lowest BCUT2D eigenvalue weighted by atomic mass is 10.1. The normalized spacial score (nSPS) is 17.6. The van der Waals surface area contributed by atoms with Crippen molar-refractivity contribution in [3.05, 3.63) is 29.3 Å². The highest BCUT2D eigenvalue weighted by Crippen LogP contribution is 2.28. The zero-order valence-corrected chi connectivity index (χ0v) is 9.47. The highest BCUT2D eigenvalue weighted by Gasteiger charge is 2.18. The Balaban J connectivity index is 2.17. The lowest BCUT2D eigenvalue weighted by molar-refractivity contribution is 0.254. The smallest absolute Gasteiger partial charge is 0.123 e. The van der Waals surface area contributed by atoms with Crippen molar-refractivity contribution in [3.63, 3.8) is 0 Å². The zero-order chi connectivity index (χ0) is 10.7. The Kier molecular flexibility index (Phi) is 3.18. The number of rotatable bonds is 1. The lowest BCUT2D eigenvalue weighted by Gasteiger charge is -2.01. The summed E-state index contributed by atoms with van der Waals surface area (Å²) in [4.78, 5) is 0. The van der Waals surface area contributed by atoms with Crippen LogP contribution in [0.1, 0.15) is 24.5 Å². The maximum Gasteiger partial charge on any atom is 0.123 e. The molecular weight excluding hydrogens is 208 g/mol. The van der Waals surface area contributed by atoms with Gasteiger partial charge in [-0.05, 0) is 30.7 Å². The maximum atomic E-state index is 5.62. The van der Waals surface area contributed by atoms with Gasteiger partial charge in [-0.15, -0.1) is 11.6 Å². The van der Waals surface area contributed by atoms with Gasteiger partial charge in [-0.2, -0.15) is 0 Å². The van der Waals surface area contributed by atoms with Gasteiger partial charge in [-0.3, -0.25) is 0 Å². The van der Waals surface area contributed by atoms with Crippen LogP contribution in [0.2, 0.25) is 0 Å². The molecule has 2 heteroatoms. The van der Waals surface area contributed by atoms with Gasteiger partial charge in [-0.25, -0.2) is 0 Å². The van der Waals surface area contributed by atoms with E-state index < -0.39 is 0 Å². The van der Waals surface area contributed by atoms with Crippen molar-refractivity contribution in [1.29, 1.82) is 0 Å². The lowest BCUT2D eigenvalue weighted by Crippen LogP contribution is -2.05. The first-order chi connectivity index (χ1) is 7.29. The zero-order valence-electron chi connectivity index (χ0n) is 8.72. The van der Waals surface area contributed by atoms with Gasteiger partial charge in [-0.1, -0.05) is 11.8 Å². The Labute approximate surface area is 95.4 Å². The third-order valence-corrected chi connectivity index (χ3v) is 2.54. The average Bonchev–Trinajstić information content (AvgIpc) is 2.57. The average molecular weight is 221 g/mol. The summed E-state index contributed by atoms with van der Waals surface area (Å²) in [6.45, 7) is 2.08. The van der Waals surface area contributed by atoms with E-state index in [9.17, 15) is 0 Å². The van der Waals surface area contributed by atoms with Crippen LogP contribution >= 0.6 is 11.6 Å². The highest BCUT2D eigenvalue weighted by atomic mass is 35.5. The molecule has 1 aliphatic heterocycles. The number of alkyl halides is 1. The van der Waals surface area contributed by atoms with Crippen LogP contribution in [0.25, 0.3) is 0 Å². The van der Waals surface area contributed by atoms with Crippen molar-refractivity contribution in [2.75, 3.05) is 5.88 Å². The minimum Gasteiger partial charge on any atom is -0.490 e. The molecule has 0 saturated heterocycles. The van der Waals surface area contributed by atoms with Crippen molar-refractivity contribution in [2.45, 2.75) is 25.9 Å². The van der Waals surface area contributed by atoms with Crippen LogP contribution in [0.3, 0.4) is 0 Å². The van der Waals surface area contributed by atoms with Gasteiger partial charge in [0.25, 0.3) is 0 Å². The molecule has 0 bridgehead atoms. The van der Waals surface area contributed by atoms with E-state index >= 15 is 0 Å². The van der Waals surface area contributed by atoms with Gasteiger partial charge in [0.05, 0.1) is 0 Å². The van der Waals surface area contributed by atoms with Crippen molar-refractivity contribution < 1.29 is 4.74 Å². The first kappa shape index (κ1) is 10.4. The number of halogens is 1. The second-order valence-electron chi connectivity index (χ2n) is 3.70. The van der Waals surface area contributed by atoms with Gasteiger partial charge in [0, 0.05) is 24.3 Å². The Morgan fingerprint density at radius 1 is 1.53 bits per heavy atom. The Bertz CT molecular complexity index is 414. The number of ether oxygens (including phenoxy) is 1. The summed E-state index contributed by atoms with van der Waals surface area (Å²) >= 11 is 5.56. The molecule has 0 fully saturated rings. The van der Waals surface area contributed by atoms with Crippen LogP contribution < -0.4 is 4.74 Å². The molecule has 1 aromatic carbocycles. The molecule has 1 aromatic rings. The summed E-state index contributed by atoms with van der Waals surface area (Å²) in [5.41, 5.74) is 2.32. The van der Waals surface area contributed by atoms with Crippen LogP contribution in [0, 0.1) is 11.8 Å². The van der Waals surface area contributed by atoms with E-state index in [0.717, 1.165) is 24.2 Å². The summed E-state index contributed by atoms with van der Waals surface area (Å²) < 4.78 is 5.62. The van der Waals surface area contributed by atoms with Crippen molar-refractivity contribution in [1.82, 2.24) is 0 Å². The van der Waals surface area contributed by atoms with Crippen LogP contribution in [-0.2, 0) is 6.42 Å². The first-order valence-corrected chi connectivity index (χ1v) is 5.67. The number of hydrogen-bond donors (Lipinski definition) is 0. The van der Waals surface area contributed by atoms with E-state index in [-0.39, 0.29) is 0 Å². The van der Waals surface area contributed by atoms with Gasteiger partial charge in [0.1, 0.15) is 11.9 Å². The van der Waals surface area contributed by atoms with Gasteiger partial charge < -0.3 is 4.74 Å². The minimum atomic E-state index is 0.297. The first-order valence-electron chi connectivity index (χ1n) is 5.14. The fourth-order valence-electron chi connectivity index (χ4n) is 1.71. The van der Waals surface area contributed by atoms with E-state index in [1.807, 2.05) is 12.1 Å². The molecule has 0 N–H and O–H groups in total. The maximum absolute atomic E-state index is 5.62. The number of fused-ring (bicyclic) bond motifs is 1. The molecular formula is C13H13ClO. The van der Waals surface area contributed by atoms with Crippen molar-refractivity contribution in [2.24, 2.45) is 0 Å². The number of benzene rings is 1. The standard InChI is InChI=1S/C13H13ClO/c1-10-8-12-9-11(4-2-3-7-14)5-6-13(12)15-10/h5-6,9-10H,3,7-8H2,1H3. The van der Waals surface area contributed by atoms with Crippen molar-refractivity contribution >= 4 is 11.6 Å². The predicted octanol–water partition coefficient (Wildman–Crippen LogP) is 2.99. The van der Waals surface area contributed by atoms with E-state index in [4.69, 9.17) is 16.3 Å². The molecule has 15 heavy (non-hydrogen) atoms. The fourth-order valence-corrected chi connectivity index (χ4v) is 1.81. The third kappa shape index (κ3) is 2.46. The Morgan fingerprint density at radius 2 is 2.40 bits per heavy atom. The molecule has 1 atom stereocenters. The fraction of sp³-hybridized carbons (Fsp3) is 0.385. The Morgan fingerprint density at radius 3 is 3.20 bits per heavy atom. The van der Waals surface area contributed by atoms with E-state index in [2.05, 4.69) is 24.8 Å². The van der Waals surface area contributed by atoms with Gasteiger partial charge in [0.15, 0.2) is 0 Å². The molecule has 0 spiro atoms. The quantitative estimate of drug-likeness (QED) is 0.522. The topological polar surface area (TPSA) is 9.23 Å². The molecule has 1 heterocycles. The molecule has 1 aliphatic rings. The third-order valence-electron chi connectivity index (χ3n) is 2.35. The molecule has 0 amide bonds.